The Balaban J connectivity index is 0.000000681. The summed E-state index contributed by atoms with van der Waals surface area (Å²) in [6, 6.07) is 22.3. The summed E-state index contributed by atoms with van der Waals surface area (Å²) in [6.45, 7) is 11.5. The lowest BCUT2D eigenvalue weighted by molar-refractivity contribution is -2.00. The Morgan fingerprint density at radius 2 is 1.57 bits per heavy atom. The number of rotatable bonds is 8. The number of nitrogens with zero attached hydrogens (tertiary/aromatic N) is 2. The summed E-state index contributed by atoms with van der Waals surface area (Å²) < 4.78 is 37.8. The van der Waals surface area contributed by atoms with E-state index in [1.807, 2.05) is 11.3 Å². The van der Waals surface area contributed by atoms with Crippen molar-refractivity contribution < 1.29 is 33.4 Å². The summed E-state index contributed by atoms with van der Waals surface area (Å²) in [5.74, 6) is 0. The van der Waals surface area contributed by atoms with Crippen molar-refractivity contribution in [3.05, 3.63) is 89.1 Å². The van der Waals surface area contributed by atoms with Crippen molar-refractivity contribution in [3.63, 3.8) is 0 Å². The number of benzene rings is 3. The lowest BCUT2D eigenvalue weighted by Gasteiger charge is -2.27. The van der Waals surface area contributed by atoms with Crippen molar-refractivity contribution >= 4 is 44.1 Å². The van der Waals surface area contributed by atoms with E-state index in [1.165, 1.54) is 68.6 Å². The molecule has 1 aromatic heterocycles. The van der Waals surface area contributed by atoms with Gasteiger partial charge in [0.15, 0.2) is 6.54 Å². The van der Waals surface area contributed by atoms with Crippen LogP contribution in [0.15, 0.2) is 78.5 Å². The molecule has 6 nitrogen and oxygen atoms in total. The molecule has 40 heavy (non-hydrogen) atoms. The highest BCUT2D eigenvalue weighted by Gasteiger charge is 2.40. The third kappa shape index (κ3) is 6.74. The van der Waals surface area contributed by atoms with Crippen LogP contribution in [0, 0.1) is 10.2 Å². The molecule has 0 atom stereocenters. The number of hydrogen-bond donors (Lipinski definition) is 0. The van der Waals surface area contributed by atoms with Crippen LogP contribution in [0.3, 0.4) is 0 Å². The number of unbranched alkanes of at least 4 members (excludes halogenated alkanes) is 2. The number of fused-ring (bicyclic) bond motifs is 4. The van der Waals surface area contributed by atoms with E-state index in [9.17, 15) is 0 Å². The molecule has 0 spiro atoms. The summed E-state index contributed by atoms with van der Waals surface area (Å²) >= 11 is 1.89. The van der Waals surface area contributed by atoms with E-state index in [2.05, 4.69) is 116 Å². The zero-order valence-electron chi connectivity index (χ0n) is 23.6. The second kappa shape index (κ2) is 12.8. The number of halogens is 1. The molecule has 4 aromatic rings. The molecule has 212 valence electrons. The van der Waals surface area contributed by atoms with Gasteiger partial charge in [-0.2, -0.15) is 4.57 Å². The molecule has 0 radical (unpaired) electrons. The highest BCUT2D eigenvalue weighted by molar-refractivity contribution is 7.18. The number of para-hydroxylation sites is 1. The van der Waals surface area contributed by atoms with Crippen LogP contribution in [0.1, 0.15) is 63.9 Å². The molecule has 0 saturated carbocycles. The van der Waals surface area contributed by atoms with Crippen molar-refractivity contribution in [2.24, 2.45) is 0 Å². The van der Waals surface area contributed by atoms with Gasteiger partial charge < -0.3 is 4.90 Å². The molecule has 0 aliphatic carbocycles. The Morgan fingerprint density at radius 3 is 2.30 bits per heavy atom. The van der Waals surface area contributed by atoms with Gasteiger partial charge in [0.05, 0.1) is 0 Å². The Hall–Kier alpha value is -2.78. The summed E-state index contributed by atoms with van der Waals surface area (Å²) in [5, 5.41) is 4.04. The molecule has 0 N–H and O–H groups in total. The maximum Gasteiger partial charge on any atom is 0.262 e. The predicted molar refractivity (Wildman–Crippen MR) is 153 cm³/mol. The van der Waals surface area contributed by atoms with Crippen molar-refractivity contribution in [1.82, 2.24) is 0 Å². The molecule has 0 unspecified atom stereocenters. The van der Waals surface area contributed by atoms with E-state index in [4.69, 9.17) is 18.6 Å². The molecule has 8 heteroatoms. The molecule has 5 rings (SSSR count). The molecule has 0 amide bonds. The number of anilines is 1. The van der Waals surface area contributed by atoms with Crippen LogP contribution < -0.4 is 28.1 Å². The van der Waals surface area contributed by atoms with E-state index < -0.39 is 10.2 Å². The SMILES string of the molecule is CCCCN1/C(=C\C=C\c2sc3ccccc3[n+]2CCCC)C(C)(C)c2c1ccc1ccccc21.[O-][Cl+3]([O-])([O-])[O-]. The maximum absolute atomic E-state index is 8.49. The van der Waals surface area contributed by atoms with E-state index in [0.29, 0.717) is 0 Å². The van der Waals surface area contributed by atoms with Crippen LogP contribution in [0.25, 0.3) is 27.1 Å². The van der Waals surface area contributed by atoms with Gasteiger partial charge in [-0.3, -0.25) is 0 Å². The Kier molecular flexibility index (Phi) is 9.67. The fraction of sp³-hybridized carbons (Fsp3) is 0.344. The van der Waals surface area contributed by atoms with Gasteiger partial charge in [-0.1, -0.05) is 100 Å². The lowest BCUT2D eigenvalue weighted by Crippen LogP contribution is -2.68. The summed E-state index contributed by atoms with van der Waals surface area (Å²) in [7, 11) is -4.94. The van der Waals surface area contributed by atoms with Gasteiger partial charge in [-0.15, -0.1) is 10.2 Å². The average molecular weight is 581 g/mol. The highest BCUT2D eigenvalue weighted by atomic mass is 35.7. The minimum atomic E-state index is -4.94. The summed E-state index contributed by atoms with van der Waals surface area (Å²) in [4.78, 5) is 2.58. The van der Waals surface area contributed by atoms with Crippen molar-refractivity contribution in [3.8, 4) is 0 Å². The van der Waals surface area contributed by atoms with E-state index in [1.54, 1.807) is 0 Å². The molecular formula is C32H37ClN2O4S. The second-order valence-corrected chi connectivity index (χ2v) is 12.3. The molecular weight excluding hydrogens is 544 g/mol. The molecule has 0 fully saturated rings. The largest absolute Gasteiger partial charge is 0.344 e. The van der Waals surface area contributed by atoms with E-state index in [-0.39, 0.29) is 5.41 Å². The van der Waals surface area contributed by atoms with Crippen LogP contribution in [0.5, 0.6) is 0 Å². The fourth-order valence-electron chi connectivity index (χ4n) is 5.54. The average Bonchev–Trinajstić information content (AvgIpc) is 3.36. The third-order valence-corrected chi connectivity index (χ3v) is 8.48. The first kappa shape index (κ1) is 30.2. The van der Waals surface area contributed by atoms with Crippen LogP contribution in [-0.4, -0.2) is 6.54 Å². The minimum absolute atomic E-state index is 0.0490. The van der Waals surface area contributed by atoms with Gasteiger partial charge in [0.25, 0.3) is 5.01 Å². The first-order valence-electron chi connectivity index (χ1n) is 13.8. The Labute approximate surface area is 242 Å². The molecule has 3 aromatic carbocycles. The van der Waals surface area contributed by atoms with Crippen LogP contribution >= 0.6 is 11.3 Å². The molecule has 0 bridgehead atoms. The van der Waals surface area contributed by atoms with E-state index in [0.717, 1.165) is 13.1 Å². The zero-order valence-corrected chi connectivity index (χ0v) is 25.1. The van der Waals surface area contributed by atoms with Crippen LogP contribution in [0.4, 0.5) is 5.69 Å². The van der Waals surface area contributed by atoms with Gasteiger partial charge in [-0.25, -0.2) is 18.6 Å². The third-order valence-electron chi connectivity index (χ3n) is 7.35. The zero-order chi connectivity index (χ0) is 28.9. The fourth-order valence-corrected chi connectivity index (χ4v) is 6.64. The van der Waals surface area contributed by atoms with E-state index >= 15 is 0 Å². The number of allylic oxidation sites excluding steroid dienone is 3. The molecule has 1 aliphatic rings. The quantitative estimate of drug-likeness (QED) is 0.295. The van der Waals surface area contributed by atoms with Gasteiger partial charge in [0.1, 0.15) is 4.70 Å². The minimum Gasteiger partial charge on any atom is -0.344 e. The normalized spacial score (nSPS) is 15.7. The van der Waals surface area contributed by atoms with Crippen LogP contribution in [-0.2, 0) is 12.0 Å². The monoisotopic (exact) mass is 580 g/mol. The number of hydrogen-bond acceptors (Lipinski definition) is 6. The number of aryl methyl sites for hydroxylation is 1. The standard InChI is InChI=1S/C32H37N2S.ClHO4/c1-5-7-22-33-27-21-20-24-14-9-10-15-25(24)31(27)32(3,4)29(33)18-13-19-30-34(23-8-6-2)26-16-11-12-17-28(26)35-30;2-1(3,4)5/h9-21H,5-8,22-23H2,1-4H3;(H,2,3,4,5)/q+1;/p-1. The van der Waals surface area contributed by atoms with Gasteiger partial charge in [0, 0.05) is 41.9 Å². The Morgan fingerprint density at radius 1 is 0.900 bits per heavy atom. The van der Waals surface area contributed by atoms with Gasteiger partial charge >= 0.3 is 0 Å². The topological polar surface area (TPSA) is 99.4 Å². The molecule has 2 heterocycles. The Bertz CT molecular complexity index is 1510. The van der Waals surface area contributed by atoms with Gasteiger partial charge in [-0.05, 0) is 41.0 Å². The predicted octanol–water partition coefficient (Wildman–Crippen LogP) is 3.88. The number of aromatic nitrogens is 1. The first-order chi connectivity index (χ1) is 19.1. The summed E-state index contributed by atoms with van der Waals surface area (Å²) in [5.41, 5.74) is 5.54. The van der Waals surface area contributed by atoms with Crippen molar-refractivity contribution in [2.75, 3.05) is 11.4 Å². The van der Waals surface area contributed by atoms with Crippen molar-refractivity contribution in [1.29, 1.82) is 0 Å². The lowest BCUT2D eigenvalue weighted by atomic mass is 9.81. The number of thiazole rings is 1. The highest BCUT2D eigenvalue weighted by Crippen LogP contribution is 2.50. The van der Waals surface area contributed by atoms with Crippen LogP contribution in [0.2, 0.25) is 0 Å². The van der Waals surface area contributed by atoms with Gasteiger partial charge in [0.2, 0.25) is 5.52 Å². The summed E-state index contributed by atoms with van der Waals surface area (Å²) in [6.07, 6.45) is 11.8. The smallest absolute Gasteiger partial charge is 0.262 e. The molecule has 0 saturated heterocycles. The second-order valence-electron chi connectivity index (χ2n) is 10.5. The first-order valence-corrected chi connectivity index (χ1v) is 15.8. The van der Waals surface area contributed by atoms with Crippen molar-refractivity contribution in [2.45, 2.75) is 65.3 Å². The maximum atomic E-state index is 8.49. The molecule has 1 aliphatic heterocycles.